The van der Waals surface area contributed by atoms with Crippen molar-refractivity contribution in [1.29, 1.82) is 0 Å². The number of fused-ring (bicyclic) bond motifs is 1. The molecule has 2 heterocycles. The second kappa shape index (κ2) is 11.7. The lowest BCUT2D eigenvalue weighted by molar-refractivity contribution is -0.137. The first-order valence-corrected chi connectivity index (χ1v) is 16.0. The number of rotatable bonds is 7. The zero-order valence-corrected chi connectivity index (χ0v) is 24.6. The van der Waals surface area contributed by atoms with Gasteiger partial charge in [-0.15, -0.1) is 11.3 Å². The summed E-state index contributed by atoms with van der Waals surface area (Å²) in [5.74, 6) is -0.276. The lowest BCUT2D eigenvalue weighted by atomic mass is 10.0. The average molecular weight is 607 g/mol. The molecule has 1 aliphatic heterocycles. The lowest BCUT2D eigenvalue weighted by Crippen LogP contribution is -2.60. The Hall–Kier alpha value is -2.96. The van der Waals surface area contributed by atoms with Gasteiger partial charge in [0.25, 0.3) is 0 Å². The maximum absolute atomic E-state index is 13.8. The van der Waals surface area contributed by atoms with E-state index in [2.05, 4.69) is 5.32 Å². The SMILES string of the molecule is CC(C)c1ccc(S(=O)(=O)N2CCN(c3nc4c(s3)CCCC4)CC2C(=O)NCc2ccc(C(F)(F)F)cc2)cc1. The molecule has 12 heteroatoms. The third-order valence-electron chi connectivity index (χ3n) is 7.64. The largest absolute Gasteiger partial charge is 0.416 e. The van der Waals surface area contributed by atoms with E-state index in [0.717, 1.165) is 54.2 Å². The van der Waals surface area contributed by atoms with Gasteiger partial charge in [0.15, 0.2) is 5.13 Å². The van der Waals surface area contributed by atoms with Crippen LogP contribution in [-0.2, 0) is 40.4 Å². The van der Waals surface area contributed by atoms with Crippen LogP contribution in [0.15, 0.2) is 53.4 Å². The number of nitrogens with one attached hydrogen (secondary N) is 1. The highest BCUT2D eigenvalue weighted by molar-refractivity contribution is 7.89. The molecular weight excluding hydrogens is 573 g/mol. The van der Waals surface area contributed by atoms with Gasteiger partial charge >= 0.3 is 6.18 Å². The summed E-state index contributed by atoms with van der Waals surface area (Å²) in [7, 11) is -4.01. The molecule has 3 aromatic rings. The molecular formula is C29H33F3N4O3S2. The van der Waals surface area contributed by atoms with Gasteiger partial charge in [0.05, 0.1) is 16.2 Å². The van der Waals surface area contributed by atoms with Crippen molar-refractivity contribution in [2.45, 2.75) is 69.1 Å². The van der Waals surface area contributed by atoms with E-state index >= 15 is 0 Å². The van der Waals surface area contributed by atoms with Gasteiger partial charge in [0.1, 0.15) is 6.04 Å². The number of carbonyl (C=O) groups excluding carboxylic acids is 1. The van der Waals surface area contributed by atoms with Crippen LogP contribution in [0.1, 0.15) is 59.9 Å². The van der Waals surface area contributed by atoms with Crippen LogP contribution in [0.2, 0.25) is 0 Å². The molecule has 0 saturated carbocycles. The fraction of sp³-hybridized carbons (Fsp3) is 0.448. The van der Waals surface area contributed by atoms with Crippen molar-refractivity contribution in [3.8, 4) is 0 Å². The van der Waals surface area contributed by atoms with Gasteiger partial charge in [-0.05, 0) is 67.0 Å². The molecule has 1 fully saturated rings. The molecule has 1 atom stereocenters. The molecule has 5 rings (SSSR count). The van der Waals surface area contributed by atoms with E-state index in [9.17, 15) is 26.4 Å². The van der Waals surface area contributed by atoms with Crippen molar-refractivity contribution in [2.75, 3.05) is 24.5 Å². The van der Waals surface area contributed by atoms with Gasteiger partial charge in [-0.1, -0.05) is 38.1 Å². The molecule has 0 radical (unpaired) electrons. The van der Waals surface area contributed by atoms with E-state index in [4.69, 9.17) is 4.98 Å². The van der Waals surface area contributed by atoms with Crippen molar-refractivity contribution in [2.24, 2.45) is 0 Å². The minimum absolute atomic E-state index is 0.0318. The standard InChI is InChI=1S/C29H33F3N4O3S2/c1-19(2)21-9-13-23(14-10-21)41(38,39)36-16-15-35(28-34-24-5-3-4-6-26(24)40-28)18-25(36)27(37)33-17-20-7-11-22(12-8-20)29(30,31)32/h7-14,19,25H,3-6,15-18H2,1-2H3,(H,33,37). The number of halogens is 3. The van der Waals surface area contributed by atoms with Gasteiger partial charge in [0.2, 0.25) is 15.9 Å². The molecule has 7 nitrogen and oxygen atoms in total. The van der Waals surface area contributed by atoms with Gasteiger partial charge < -0.3 is 10.2 Å². The van der Waals surface area contributed by atoms with E-state index in [1.54, 1.807) is 35.6 Å². The molecule has 1 saturated heterocycles. The number of anilines is 1. The van der Waals surface area contributed by atoms with E-state index in [1.807, 2.05) is 18.7 Å². The molecule has 0 bridgehead atoms. The number of alkyl halides is 3. The smallest absolute Gasteiger partial charge is 0.351 e. The Labute approximate surface area is 242 Å². The maximum Gasteiger partial charge on any atom is 0.416 e. The summed E-state index contributed by atoms with van der Waals surface area (Å²) in [6.45, 7) is 4.62. The Bertz CT molecular complexity index is 1460. The van der Waals surface area contributed by atoms with Crippen molar-refractivity contribution in [1.82, 2.24) is 14.6 Å². The molecule has 41 heavy (non-hydrogen) atoms. The summed E-state index contributed by atoms with van der Waals surface area (Å²) in [5, 5.41) is 3.54. The van der Waals surface area contributed by atoms with Crippen LogP contribution in [0.5, 0.6) is 0 Å². The highest BCUT2D eigenvalue weighted by atomic mass is 32.2. The first-order chi connectivity index (χ1) is 19.4. The minimum Gasteiger partial charge on any atom is -0.351 e. The van der Waals surface area contributed by atoms with E-state index in [-0.39, 0.29) is 30.4 Å². The Kier molecular flexibility index (Phi) is 8.45. The van der Waals surface area contributed by atoms with Gasteiger partial charge in [-0.25, -0.2) is 13.4 Å². The van der Waals surface area contributed by atoms with Gasteiger partial charge in [0, 0.05) is 31.1 Å². The molecule has 220 valence electrons. The third-order valence-corrected chi connectivity index (χ3v) is 10.8. The molecule has 1 aliphatic carbocycles. The van der Waals surface area contributed by atoms with Crippen LogP contribution < -0.4 is 10.2 Å². The van der Waals surface area contributed by atoms with Crippen molar-refractivity contribution in [3.05, 3.63) is 75.8 Å². The second-order valence-corrected chi connectivity index (χ2v) is 13.7. The Morgan fingerprint density at radius 1 is 1.05 bits per heavy atom. The van der Waals surface area contributed by atoms with Gasteiger partial charge in [-0.3, -0.25) is 4.79 Å². The highest BCUT2D eigenvalue weighted by Gasteiger charge is 2.41. The minimum atomic E-state index is -4.45. The first-order valence-electron chi connectivity index (χ1n) is 13.7. The van der Waals surface area contributed by atoms with E-state index in [1.165, 1.54) is 21.3 Å². The zero-order chi connectivity index (χ0) is 29.4. The normalized spacial score (nSPS) is 18.4. The number of hydrogen-bond donors (Lipinski definition) is 1. The van der Waals surface area contributed by atoms with Gasteiger partial charge in [-0.2, -0.15) is 17.5 Å². The van der Waals surface area contributed by atoms with Crippen molar-refractivity contribution >= 4 is 32.4 Å². The third kappa shape index (κ3) is 6.44. The van der Waals surface area contributed by atoms with Crippen molar-refractivity contribution in [3.63, 3.8) is 0 Å². The number of hydrogen-bond acceptors (Lipinski definition) is 6. The predicted octanol–water partition coefficient (Wildman–Crippen LogP) is 5.36. The quantitative estimate of drug-likeness (QED) is 0.392. The van der Waals surface area contributed by atoms with Crippen LogP contribution in [-0.4, -0.2) is 49.3 Å². The number of piperazine rings is 1. The van der Waals surface area contributed by atoms with Crippen LogP contribution >= 0.6 is 11.3 Å². The summed E-state index contributed by atoms with van der Waals surface area (Å²) < 4.78 is 67.7. The Balaban J connectivity index is 1.38. The topological polar surface area (TPSA) is 82.6 Å². The number of amides is 1. The molecule has 0 spiro atoms. The van der Waals surface area contributed by atoms with Crippen LogP contribution in [0.25, 0.3) is 0 Å². The van der Waals surface area contributed by atoms with E-state index in [0.29, 0.717) is 12.1 Å². The number of carbonyl (C=O) groups is 1. The fourth-order valence-corrected chi connectivity index (χ4v) is 7.95. The number of aromatic nitrogens is 1. The molecule has 2 aromatic carbocycles. The number of benzene rings is 2. The fourth-order valence-electron chi connectivity index (χ4n) is 5.19. The summed E-state index contributed by atoms with van der Waals surface area (Å²) in [5.41, 5.74) is 1.79. The van der Waals surface area contributed by atoms with Crippen LogP contribution in [0, 0.1) is 0 Å². The second-order valence-electron chi connectivity index (χ2n) is 10.8. The molecule has 1 unspecified atom stereocenters. The molecule has 1 amide bonds. The lowest BCUT2D eigenvalue weighted by Gasteiger charge is -2.39. The number of nitrogens with zero attached hydrogens (tertiary/aromatic N) is 3. The Morgan fingerprint density at radius 3 is 2.37 bits per heavy atom. The molecule has 1 aromatic heterocycles. The number of thiazole rings is 1. The Morgan fingerprint density at radius 2 is 1.73 bits per heavy atom. The maximum atomic E-state index is 13.8. The van der Waals surface area contributed by atoms with Crippen LogP contribution in [0.4, 0.5) is 18.3 Å². The number of aryl methyl sites for hydroxylation is 2. The molecule has 2 aliphatic rings. The summed E-state index contributed by atoms with van der Waals surface area (Å²) in [6, 6.07) is 10.2. The zero-order valence-electron chi connectivity index (χ0n) is 22.9. The average Bonchev–Trinajstić information content (AvgIpc) is 3.40. The van der Waals surface area contributed by atoms with E-state index < -0.39 is 33.7 Å². The predicted molar refractivity (Wildman–Crippen MR) is 152 cm³/mol. The first kappa shape index (κ1) is 29.5. The summed E-state index contributed by atoms with van der Waals surface area (Å²) in [4.78, 5) is 21.7. The molecule has 1 N–H and O–H groups in total. The summed E-state index contributed by atoms with van der Waals surface area (Å²) in [6.07, 6.45) is -0.350. The number of sulfonamides is 1. The summed E-state index contributed by atoms with van der Waals surface area (Å²) >= 11 is 1.60. The van der Waals surface area contributed by atoms with Crippen LogP contribution in [0.3, 0.4) is 0 Å². The van der Waals surface area contributed by atoms with Crippen molar-refractivity contribution < 1.29 is 26.4 Å². The highest BCUT2D eigenvalue weighted by Crippen LogP contribution is 2.34. The monoisotopic (exact) mass is 606 g/mol.